The first-order chi connectivity index (χ1) is 12.3. The van der Waals surface area contributed by atoms with E-state index in [4.69, 9.17) is 0 Å². The van der Waals surface area contributed by atoms with Crippen LogP contribution in [-0.2, 0) is 21.2 Å². The summed E-state index contributed by atoms with van der Waals surface area (Å²) in [6, 6.07) is 11.8. The van der Waals surface area contributed by atoms with Crippen LogP contribution in [-0.4, -0.2) is 61.3 Å². The van der Waals surface area contributed by atoms with Crippen molar-refractivity contribution in [3.8, 4) is 0 Å². The topological polar surface area (TPSA) is 99.6 Å². The maximum atomic E-state index is 12.2. The van der Waals surface area contributed by atoms with E-state index in [2.05, 4.69) is 9.71 Å². The predicted molar refractivity (Wildman–Crippen MR) is 99.0 cm³/mol. The molecule has 7 nitrogen and oxygen atoms in total. The van der Waals surface area contributed by atoms with Gasteiger partial charge in [-0.25, -0.2) is 13.1 Å². The minimum atomic E-state index is -3.30. The Bertz CT molecular complexity index is 900. The number of benzene rings is 1. The molecule has 8 heteroatoms. The number of hydrogen-bond donors (Lipinski definition) is 2. The number of aliphatic hydroxyl groups is 1. The van der Waals surface area contributed by atoms with Gasteiger partial charge in [0.15, 0.2) is 0 Å². The first-order valence-corrected chi connectivity index (χ1v) is 10.5. The molecule has 0 bridgehead atoms. The third kappa shape index (κ3) is 4.78. The van der Waals surface area contributed by atoms with Crippen LogP contribution in [0.25, 0.3) is 10.9 Å². The highest BCUT2D eigenvalue weighted by Crippen LogP contribution is 2.22. The van der Waals surface area contributed by atoms with Gasteiger partial charge in [-0.05, 0) is 18.6 Å². The number of carbonyl (C=O) groups is 1. The predicted octanol–water partition coefficient (Wildman–Crippen LogP) is 0.536. The highest BCUT2D eigenvalue weighted by molar-refractivity contribution is 7.88. The summed E-state index contributed by atoms with van der Waals surface area (Å²) in [5.74, 6) is -0.232. The molecule has 26 heavy (non-hydrogen) atoms. The van der Waals surface area contributed by atoms with Gasteiger partial charge >= 0.3 is 0 Å². The molecule has 1 amide bonds. The van der Waals surface area contributed by atoms with E-state index < -0.39 is 16.1 Å². The van der Waals surface area contributed by atoms with Crippen molar-refractivity contribution >= 4 is 26.8 Å². The Morgan fingerprint density at radius 1 is 1.27 bits per heavy atom. The smallest absolute Gasteiger partial charge is 0.223 e. The van der Waals surface area contributed by atoms with Gasteiger partial charge in [-0.3, -0.25) is 9.78 Å². The summed E-state index contributed by atoms with van der Waals surface area (Å²) in [6.45, 7) is 0.796. The van der Waals surface area contributed by atoms with Crippen molar-refractivity contribution in [2.45, 2.75) is 18.9 Å². The molecule has 0 aliphatic carbocycles. The van der Waals surface area contributed by atoms with Crippen molar-refractivity contribution in [1.82, 2.24) is 14.6 Å². The van der Waals surface area contributed by atoms with Crippen molar-refractivity contribution in [2.24, 2.45) is 5.92 Å². The molecule has 0 unspecified atom stereocenters. The second kappa shape index (κ2) is 7.69. The number of sulfonamides is 1. The third-order valence-electron chi connectivity index (χ3n) is 4.59. The van der Waals surface area contributed by atoms with Gasteiger partial charge in [0.2, 0.25) is 15.9 Å². The Morgan fingerprint density at radius 2 is 2.04 bits per heavy atom. The van der Waals surface area contributed by atoms with Gasteiger partial charge in [0.05, 0.1) is 17.9 Å². The van der Waals surface area contributed by atoms with Crippen LogP contribution in [0.4, 0.5) is 0 Å². The lowest BCUT2D eigenvalue weighted by molar-refractivity contribution is -0.130. The van der Waals surface area contributed by atoms with Gasteiger partial charge in [0.25, 0.3) is 0 Å². The molecule has 0 saturated carbocycles. The average Bonchev–Trinajstić information content (AvgIpc) is 2.94. The second-order valence-electron chi connectivity index (χ2n) is 6.74. The van der Waals surface area contributed by atoms with Gasteiger partial charge < -0.3 is 10.0 Å². The first kappa shape index (κ1) is 18.8. The van der Waals surface area contributed by atoms with Gasteiger partial charge in [-0.1, -0.05) is 24.3 Å². The summed E-state index contributed by atoms with van der Waals surface area (Å²) < 4.78 is 24.4. The molecule has 0 radical (unpaired) electrons. The summed E-state index contributed by atoms with van der Waals surface area (Å²) in [5.41, 5.74) is 1.80. The largest absolute Gasteiger partial charge is 0.391 e. The Morgan fingerprint density at radius 3 is 2.81 bits per heavy atom. The zero-order valence-corrected chi connectivity index (χ0v) is 15.4. The number of carbonyl (C=O) groups excluding carboxylic acids is 1. The van der Waals surface area contributed by atoms with Crippen LogP contribution >= 0.6 is 0 Å². The zero-order chi connectivity index (χ0) is 18.7. The van der Waals surface area contributed by atoms with Crippen LogP contribution in [0, 0.1) is 5.92 Å². The number of nitrogens with one attached hydrogen (secondary N) is 1. The molecule has 1 aliphatic rings. The Labute approximate surface area is 153 Å². The van der Waals surface area contributed by atoms with E-state index in [1.165, 1.54) is 0 Å². The van der Waals surface area contributed by atoms with E-state index in [0.717, 1.165) is 22.9 Å². The lowest BCUT2D eigenvalue weighted by atomic mass is 9.99. The second-order valence-corrected chi connectivity index (χ2v) is 8.58. The van der Waals surface area contributed by atoms with E-state index in [0.29, 0.717) is 13.0 Å². The number of rotatable bonds is 6. The van der Waals surface area contributed by atoms with Gasteiger partial charge in [-0.2, -0.15) is 0 Å². The number of nitrogens with zero attached hydrogens (tertiary/aromatic N) is 2. The summed E-state index contributed by atoms with van der Waals surface area (Å²) in [5, 5.41) is 11.4. The number of fused-ring (bicyclic) bond motifs is 1. The average molecular weight is 377 g/mol. The standard InChI is InChI=1S/C18H23N3O4S/c1-26(24,25)19-9-8-18(23)21-11-14(17(22)12-21)10-15-7-6-13-4-2-3-5-16(13)20-15/h2-7,14,17,19,22H,8-12H2,1H3/t14-,17-/m1/s1. The summed E-state index contributed by atoms with van der Waals surface area (Å²) in [4.78, 5) is 18.4. The molecule has 1 aromatic carbocycles. The fourth-order valence-corrected chi connectivity index (χ4v) is 3.72. The van der Waals surface area contributed by atoms with Crippen molar-refractivity contribution < 1.29 is 18.3 Å². The molecule has 1 aliphatic heterocycles. The number of β-amino-alcohol motifs (C(OH)–C–C–N with tert-alkyl or cyclic N) is 1. The van der Waals surface area contributed by atoms with Gasteiger partial charge in [-0.15, -0.1) is 0 Å². The molecular weight excluding hydrogens is 354 g/mol. The molecule has 1 fully saturated rings. The van der Waals surface area contributed by atoms with E-state index in [1.54, 1.807) is 4.90 Å². The third-order valence-corrected chi connectivity index (χ3v) is 5.32. The van der Waals surface area contributed by atoms with Crippen LogP contribution in [0.3, 0.4) is 0 Å². The van der Waals surface area contributed by atoms with Crippen LogP contribution in [0.5, 0.6) is 0 Å². The van der Waals surface area contributed by atoms with Crippen molar-refractivity contribution in [3.63, 3.8) is 0 Å². The Kier molecular flexibility index (Phi) is 5.55. The fraction of sp³-hybridized carbons (Fsp3) is 0.444. The number of aromatic nitrogens is 1. The lowest BCUT2D eigenvalue weighted by Crippen LogP contribution is -2.33. The normalized spacial score (nSPS) is 20.6. The Hall–Kier alpha value is -2.03. The van der Waals surface area contributed by atoms with Gasteiger partial charge in [0, 0.05) is 43.1 Å². The summed E-state index contributed by atoms with van der Waals surface area (Å²) in [7, 11) is -3.30. The molecule has 0 spiro atoms. The van der Waals surface area contributed by atoms with Crippen molar-refractivity contribution in [2.75, 3.05) is 25.9 Å². The maximum absolute atomic E-state index is 12.2. The first-order valence-electron chi connectivity index (χ1n) is 8.57. The molecule has 1 saturated heterocycles. The van der Waals surface area contributed by atoms with Gasteiger partial charge in [0.1, 0.15) is 0 Å². The monoisotopic (exact) mass is 377 g/mol. The summed E-state index contributed by atoms with van der Waals surface area (Å²) >= 11 is 0. The zero-order valence-electron chi connectivity index (χ0n) is 14.6. The minimum absolute atomic E-state index is 0.0706. The SMILES string of the molecule is CS(=O)(=O)NCCC(=O)N1C[C@@H](Cc2ccc3ccccc3n2)[C@H](O)C1. The molecule has 3 rings (SSSR count). The van der Waals surface area contributed by atoms with Crippen LogP contribution in [0.15, 0.2) is 36.4 Å². The molecule has 2 heterocycles. The highest BCUT2D eigenvalue weighted by atomic mass is 32.2. The molecular formula is C18H23N3O4S. The van der Waals surface area contributed by atoms with E-state index in [-0.39, 0.29) is 31.3 Å². The van der Waals surface area contributed by atoms with Crippen LogP contribution in [0.1, 0.15) is 12.1 Å². The Balaban J connectivity index is 1.58. The molecule has 2 aromatic rings. The molecule has 2 N–H and O–H groups in total. The van der Waals surface area contributed by atoms with E-state index >= 15 is 0 Å². The minimum Gasteiger partial charge on any atom is -0.391 e. The number of pyridine rings is 1. The number of amides is 1. The van der Waals surface area contributed by atoms with Crippen molar-refractivity contribution in [1.29, 1.82) is 0 Å². The summed E-state index contributed by atoms with van der Waals surface area (Å²) in [6.07, 6.45) is 1.14. The fourth-order valence-electron chi connectivity index (χ4n) is 3.25. The number of para-hydroxylation sites is 1. The molecule has 2 atom stereocenters. The highest BCUT2D eigenvalue weighted by Gasteiger charge is 2.34. The van der Waals surface area contributed by atoms with E-state index in [1.807, 2.05) is 36.4 Å². The molecule has 140 valence electrons. The maximum Gasteiger partial charge on any atom is 0.223 e. The van der Waals surface area contributed by atoms with Crippen molar-refractivity contribution in [3.05, 3.63) is 42.1 Å². The number of hydrogen-bond acceptors (Lipinski definition) is 5. The lowest BCUT2D eigenvalue weighted by Gasteiger charge is -2.16. The van der Waals surface area contributed by atoms with E-state index in [9.17, 15) is 18.3 Å². The number of likely N-dealkylation sites (tertiary alicyclic amines) is 1. The van der Waals surface area contributed by atoms with Crippen LogP contribution < -0.4 is 4.72 Å². The number of aliphatic hydroxyl groups excluding tert-OH is 1. The quantitative estimate of drug-likeness (QED) is 0.765. The molecule has 1 aromatic heterocycles. The van der Waals surface area contributed by atoms with Crippen LogP contribution in [0.2, 0.25) is 0 Å².